The van der Waals surface area contributed by atoms with Gasteiger partial charge >= 0.3 is 0 Å². The van der Waals surface area contributed by atoms with Crippen molar-refractivity contribution in [2.24, 2.45) is 0 Å². The fraction of sp³-hybridized carbons (Fsp3) is 0.538. The van der Waals surface area contributed by atoms with E-state index in [0.717, 1.165) is 10.0 Å². The van der Waals surface area contributed by atoms with Gasteiger partial charge in [-0.3, -0.25) is 0 Å². The molecular weight excluding hydrogens is 314 g/mol. The average Bonchev–Trinajstić information content (AvgIpc) is 2.25. The maximum absolute atomic E-state index is 11.6. The van der Waals surface area contributed by atoms with E-state index in [0.29, 0.717) is 6.54 Å². The monoisotopic (exact) mass is 333 g/mol. The van der Waals surface area contributed by atoms with Crippen LogP contribution in [0.2, 0.25) is 0 Å². The highest BCUT2D eigenvalue weighted by atomic mass is 79.9. The Bertz CT molecular complexity index is 494. The van der Waals surface area contributed by atoms with E-state index in [1.165, 1.54) is 6.26 Å². The van der Waals surface area contributed by atoms with Gasteiger partial charge in [-0.15, -0.1) is 0 Å². The summed E-state index contributed by atoms with van der Waals surface area (Å²) in [6.45, 7) is 5.94. The summed E-state index contributed by atoms with van der Waals surface area (Å²) in [5.41, 5.74) is 1.14. The van der Waals surface area contributed by atoms with Crippen LogP contribution in [0.5, 0.6) is 0 Å². The topological polar surface area (TPSA) is 46.2 Å². The summed E-state index contributed by atoms with van der Waals surface area (Å²) in [5.74, 6) is 0. The summed E-state index contributed by atoms with van der Waals surface area (Å²) >= 11 is 3.39. The average molecular weight is 334 g/mol. The van der Waals surface area contributed by atoms with Gasteiger partial charge in [0.2, 0.25) is 0 Å². The van der Waals surface area contributed by atoms with Gasteiger partial charge in [-0.1, -0.05) is 28.1 Å². The van der Waals surface area contributed by atoms with Crippen molar-refractivity contribution in [2.75, 3.05) is 12.8 Å². The Kier molecular flexibility index (Phi) is 4.98. The lowest BCUT2D eigenvalue weighted by atomic mass is 10.1. The first kappa shape index (κ1) is 15.7. The third-order valence-corrected chi connectivity index (χ3v) is 5.89. The van der Waals surface area contributed by atoms with Crippen LogP contribution in [0.1, 0.15) is 32.4 Å². The van der Waals surface area contributed by atoms with Gasteiger partial charge in [0.25, 0.3) is 0 Å². The summed E-state index contributed by atoms with van der Waals surface area (Å²) in [6, 6.07) is 8.13. The Morgan fingerprint density at radius 1 is 1.28 bits per heavy atom. The molecule has 1 unspecified atom stereocenters. The van der Waals surface area contributed by atoms with Gasteiger partial charge in [0.05, 0.1) is 4.75 Å². The Hall–Kier alpha value is -0.390. The summed E-state index contributed by atoms with van der Waals surface area (Å²) in [4.78, 5) is 0. The molecule has 0 amide bonds. The molecule has 1 N–H and O–H groups in total. The smallest absolute Gasteiger partial charge is 0.153 e. The van der Waals surface area contributed by atoms with Crippen LogP contribution in [0, 0.1) is 0 Å². The maximum atomic E-state index is 11.6. The van der Waals surface area contributed by atoms with Crippen LogP contribution < -0.4 is 5.32 Å². The molecule has 0 radical (unpaired) electrons. The normalized spacial score (nSPS) is 14.5. The van der Waals surface area contributed by atoms with E-state index in [-0.39, 0.29) is 6.04 Å². The predicted octanol–water partition coefficient (Wildman–Crippen LogP) is 2.92. The number of hydrogen-bond donors (Lipinski definition) is 1. The van der Waals surface area contributed by atoms with Crippen LogP contribution in [-0.4, -0.2) is 26.0 Å². The summed E-state index contributed by atoms with van der Waals surface area (Å²) in [7, 11) is -3.06. The van der Waals surface area contributed by atoms with Crippen molar-refractivity contribution in [1.29, 1.82) is 0 Å². The van der Waals surface area contributed by atoms with Gasteiger partial charge in [-0.25, -0.2) is 8.42 Å². The van der Waals surface area contributed by atoms with E-state index < -0.39 is 14.6 Å². The van der Waals surface area contributed by atoms with Crippen LogP contribution in [-0.2, 0) is 9.84 Å². The zero-order valence-corrected chi connectivity index (χ0v) is 13.6. The number of hydrogen-bond acceptors (Lipinski definition) is 3. The van der Waals surface area contributed by atoms with Crippen molar-refractivity contribution in [1.82, 2.24) is 5.32 Å². The minimum atomic E-state index is -3.06. The van der Waals surface area contributed by atoms with E-state index in [4.69, 9.17) is 0 Å². The second-order valence-electron chi connectivity index (χ2n) is 5.19. The molecule has 0 saturated carbocycles. The lowest BCUT2D eigenvalue weighted by Gasteiger charge is -2.25. The number of nitrogens with one attached hydrogen (secondary N) is 1. The van der Waals surface area contributed by atoms with Crippen molar-refractivity contribution >= 4 is 25.8 Å². The SMILES string of the molecule is CC(NCC(C)(C)S(C)(=O)=O)c1ccc(Br)cc1. The second-order valence-corrected chi connectivity index (χ2v) is 8.75. The fourth-order valence-corrected chi connectivity index (χ4v) is 2.01. The summed E-state index contributed by atoms with van der Waals surface area (Å²) in [5, 5.41) is 3.27. The molecule has 0 aromatic heterocycles. The number of rotatable bonds is 5. The Morgan fingerprint density at radius 2 is 1.78 bits per heavy atom. The van der Waals surface area contributed by atoms with Crippen LogP contribution in [0.4, 0.5) is 0 Å². The van der Waals surface area contributed by atoms with Gasteiger partial charge in [-0.2, -0.15) is 0 Å². The minimum absolute atomic E-state index is 0.124. The molecule has 102 valence electrons. The van der Waals surface area contributed by atoms with E-state index in [9.17, 15) is 8.42 Å². The zero-order valence-electron chi connectivity index (χ0n) is 11.2. The van der Waals surface area contributed by atoms with Crippen LogP contribution >= 0.6 is 15.9 Å². The van der Waals surface area contributed by atoms with Crippen LogP contribution in [0.25, 0.3) is 0 Å². The molecular formula is C13H20BrNO2S. The number of sulfone groups is 1. The molecule has 1 atom stereocenters. The van der Waals surface area contributed by atoms with Crippen molar-refractivity contribution in [3.63, 3.8) is 0 Å². The largest absolute Gasteiger partial charge is 0.309 e. The first-order chi connectivity index (χ1) is 8.13. The van der Waals surface area contributed by atoms with Crippen LogP contribution in [0.3, 0.4) is 0 Å². The third kappa shape index (κ3) is 4.07. The van der Waals surface area contributed by atoms with Crippen LogP contribution in [0.15, 0.2) is 28.7 Å². The molecule has 0 heterocycles. The molecule has 0 bridgehead atoms. The standard InChI is InChI=1S/C13H20BrNO2S/c1-10(11-5-7-12(14)8-6-11)15-9-13(2,3)18(4,16)17/h5-8,10,15H,9H2,1-4H3. The van der Waals surface area contributed by atoms with Gasteiger partial charge in [0, 0.05) is 23.3 Å². The van der Waals surface area contributed by atoms with E-state index in [1.54, 1.807) is 13.8 Å². The second kappa shape index (κ2) is 5.72. The van der Waals surface area contributed by atoms with Crippen molar-refractivity contribution in [3.8, 4) is 0 Å². The molecule has 3 nitrogen and oxygen atoms in total. The first-order valence-corrected chi connectivity index (χ1v) is 8.50. The lowest BCUT2D eigenvalue weighted by molar-refractivity contribution is 0.489. The molecule has 0 aliphatic heterocycles. The summed E-state index contributed by atoms with van der Waals surface area (Å²) < 4.78 is 23.5. The van der Waals surface area contributed by atoms with E-state index >= 15 is 0 Å². The highest BCUT2D eigenvalue weighted by Crippen LogP contribution is 2.19. The van der Waals surface area contributed by atoms with Gasteiger partial charge in [0.1, 0.15) is 0 Å². The first-order valence-electron chi connectivity index (χ1n) is 5.82. The molecule has 5 heteroatoms. The minimum Gasteiger partial charge on any atom is -0.309 e. The molecule has 0 saturated heterocycles. The summed E-state index contributed by atoms with van der Waals surface area (Å²) in [6.07, 6.45) is 1.28. The highest BCUT2D eigenvalue weighted by Gasteiger charge is 2.30. The van der Waals surface area contributed by atoms with Crippen molar-refractivity contribution in [3.05, 3.63) is 34.3 Å². The Labute approximate surface area is 118 Å². The predicted molar refractivity (Wildman–Crippen MR) is 79.5 cm³/mol. The third-order valence-electron chi connectivity index (χ3n) is 3.21. The Balaban J connectivity index is 2.67. The van der Waals surface area contributed by atoms with Crippen molar-refractivity contribution < 1.29 is 8.42 Å². The molecule has 1 aromatic carbocycles. The molecule has 0 fully saturated rings. The molecule has 0 aliphatic carbocycles. The van der Waals surface area contributed by atoms with Crippen molar-refractivity contribution in [2.45, 2.75) is 31.6 Å². The molecule has 18 heavy (non-hydrogen) atoms. The number of halogens is 1. The molecule has 0 spiro atoms. The maximum Gasteiger partial charge on any atom is 0.153 e. The van der Waals surface area contributed by atoms with E-state index in [1.807, 2.05) is 31.2 Å². The zero-order chi connectivity index (χ0) is 14.0. The molecule has 1 aromatic rings. The number of benzene rings is 1. The highest BCUT2D eigenvalue weighted by molar-refractivity contribution is 9.10. The molecule has 0 aliphatic rings. The van der Waals surface area contributed by atoms with E-state index in [2.05, 4.69) is 21.2 Å². The lowest BCUT2D eigenvalue weighted by Crippen LogP contribution is -2.42. The quantitative estimate of drug-likeness (QED) is 0.901. The molecule has 1 rings (SSSR count). The Morgan fingerprint density at radius 3 is 2.22 bits per heavy atom. The van der Waals surface area contributed by atoms with Gasteiger partial charge < -0.3 is 5.32 Å². The van der Waals surface area contributed by atoms with Gasteiger partial charge in [0.15, 0.2) is 9.84 Å². The fourth-order valence-electron chi connectivity index (χ4n) is 1.40. The van der Waals surface area contributed by atoms with Gasteiger partial charge in [-0.05, 0) is 38.5 Å².